The first-order valence-electron chi connectivity index (χ1n) is 9.60. The van der Waals surface area contributed by atoms with Gasteiger partial charge in [0.2, 0.25) is 5.91 Å². The van der Waals surface area contributed by atoms with Gasteiger partial charge in [0.15, 0.2) is 0 Å². The molecule has 1 aromatic heterocycles. The summed E-state index contributed by atoms with van der Waals surface area (Å²) < 4.78 is 0. The van der Waals surface area contributed by atoms with Crippen molar-refractivity contribution in [2.75, 3.05) is 25.5 Å². The Morgan fingerprint density at radius 1 is 1.04 bits per heavy atom. The molecule has 3 aromatic rings. The van der Waals surface area contributed by atoms with Gasteiger partial charge >= 0.3 is 0 Å². The topological polar surface area (TPSA) is 45.2 Å². The van der Waals surface area contributed by atoms with E-state index in [0.717, 1.165) is 30.0 Å². The van der Waals surface area contributed by atoms with E-state index in [1.165, 1.54) is 16.8 Å². The number of amides is 1. The Labute approximate surface area is 171 Å². The number of nitrogens with zero attached hydrogens (tertiary/aromatic N) is 2. The second kappa shape index (κ2) is 10.0. The Morgan fingerprint density at radius 2 is 1.79 bits per heavy atom. The standard InChI is InChI=1S/C23H27N3OS/c1-26(2)21-12-10-18(11-13-21)9-6-14-24-22(27)16-20-17-28-23(25-20)15-19-7-4-3-5-8-19/h3-5,7-8,10-13,17H,6,9,14-16H2,1-2H3,(H,24,27). The van der Waals surface area contributed by atoms with Gasteiger partial charge in [-0.05, 0) is 36.1 Å². The maximum absolute atomic E-state index is 12.2. The van der Waals surface area contributed by atoms with Crippen LogP contribution in [-0.2, 0) is 24.1 Å². The van der Waals surface area contributed by atoms with Crippen molar-refractivity contribution in [2.45, 2.75) is 25.7 Å². The predicted molar refractivity (Wildman–Crippen MR) is 117 cm³/mol. The van der Waals surface area contributed by atoms with E-state index < -0.39 is 0 Å². The maximum Gasteiger partial charge on any atom is 0.226 e. The van der Waals surface area contributed by atoms with Gasteiger partial charge in [-0.25, -0.2) is 4.98 Å². The molecule has 0 aliphatic carbocycles. The highest BCUT2D eigenvalue weighted by molar-refractivity contribution is 7.09. The van der Waals surface area contributed by atoms with Gasteiger partial charge in [0.05, 0.1) is 17.1 Å². The highest BCUT2D eigenvalue weighted by Crippen LogP contribution is 2.15. The molecule has 3 rings (SSSR count). The van der Waals surface area contributed by atoms with Crippen molar-refractivity contribution in [3.05, 3.63) is 81.8 Å². The minimum Gasteiger partial charge on any atom is -0.378 e. The summed E-state index contributed by atoms with van der Waals surface area (Å²) in [5, 5.41) is 6.05. The quantitative estimate of drug-likeness (QED) is 0.557. The van der Waals surface area contributed by atoms with Crippen molar-refractivity contribution in [3.8, 4) is 0 Å². The Hall–Kier alpha value is -2.66. The van der Waals surface area contributed by atoms with Crippen molar-refractivity contribution in [2.24, 2.45) is 0 Å². The number of carbonyl (C=O) groups excluding carboxylic acids is 1. The summed E-state index contributed by atoms with van der Waals surface area (Å²) in [6, 6.07) is 18.8. The predicted octanol–water partition coefficient (Wildman–Crippen LogP) is 4.09. The number of anilines is 1. The average molecular weight is 394 g/mol. The van der Waals surface area contributed by atoms with E-state index >= 15 is 0 Å². The van der Waals surface area contributed by atoms with Gasteiger partial charge in [-0.3, -0.25) is 4.79 Å². The Kier molecular flexibility index (Phi) is 7.20. The molecule has 0 saturated heterocycles. The lowest BCUT2D eigenvalue weighted by Gasteiger charge is -2.12. The highest BCUT2D eigenvalue weighted by Gasteiger charge is 2.08. The van der Waals surface area contributed by atoms with Crippen molar-refractivity contribution in [3.63, 3.8) is 0 Å². The number of nitrogens with one attached hydrogen (secondary N) is 1. The molecule has 0 aliphatic rings. The monoisotopic (exact) mass is 393 g/mol. The van der Waals surface area contributed by atoms with Gasteiger partial charge in [-0.1, -0.05) is 42.5 Å². The van der Waals surface area contributed by atoms with E-state index in [2.05, 4.69) is 51.6 Å². The van der Waals surface area contributed by atoms with Crippen LogP contribution in [0.4, 0.5) is 5.69 Å². The van der Waals surface area contributed by atoms with Crippen LogP contribution >= 0.6 is 11.3 Å². The second-order valence-electron chi connectivity index (χ2n) is 7.09. The molecule has 0 saturated carbocycles. The molecule has 0 aliphatic heterocycles. The van der Waals surface area contributed by atoms with Crippen molar-refractivity contribution >= 4 is 22.9 Å². The van der Waals surface area contributed by atoms with Crippen LogP contribution in [0.3, 0.4) is 0 Å². The summed E-state index contributed by atoms with van der Waals surface area (Å²) in [6.45, 7) is 0.690. The first-order valence-corrected chi connectivity index (χ1v) is 10.5. The number of thiazole rings is 1. The molecule has 0 spiro atoms. The zero-order valence-corrected chi connectivity index (χ0v) is 17.3. The summed E-state index contributed by atoms with van der Waals surface area (Å²) >= 11 is 1.62. The molecule has 5 heteroatoms. The molecule has 1 heterocycles. The average Bonchev–Trinajstić information content (AvgIpc) is 3.13. The van der Waals surface area contributed by atoms with Crippen LogP contribution in [-0.4, -0.2) is 31.5 Å². The van der Waals surface area contributed by atoms with E-state index in [1.54, 1.807) is 11.3 Å². The van der Waals surface area contributed by atoms with Crippen LogP contribution in [0.5, 0.6) is 0 Å². The van der Waals surface area contributed by atoms with Crippen molar-refractivity contribution in [1.82, 2.24) is 10.3 Å². The lowest BCUT2D eigenvalue weighted by molar-refractivity contribution is -0.120. The summed E-state index contributed by atoms with van der Waals surface area (Å²) in [4.78, 5) is 18.8. The number of hydrogen-bond acceptors (Lipinski definition) is 4. The molecule has 28 heavy (non-hydrogen) atoms. The van der Waals surface area contributed by atoms with E-state index in [-0.39, 0.29) is 5.91 Å². The van der Waals surface area contributed by atoms with Crippen LogP contribution in [0.25, 0.3) is 0 Å². The van der Waals surface area contributed by atoms with E-state index in [9.17, 15) is 4.79 Å². The molecule has 2 aromatic carbocycles. The molecular weight excluding hydrogens is 366 g/mol. The fraction of sp³-hybridized carbons (Fsp3) is 0.304. The number of aromatic nitrogens is 1. The van der Waals surface area contributed by atoms with Gasteiger partial charge in [-0.15, -0.1) is 11.3 Å². The van der Waals surface area contributed by atoms with Gasteiger partial charge < -0.3 is 10.2 Å². The Morgan fingerprint density at radius 3 is 2.50 bits per heavy atom. The minimum atomic E-state index is 0.0412. The van der Waals surface area contributed by atoms with Crippen LogP contribution in [0.1, 0.15) is 28.2 Å². The van der Waals surface area contributed by atoms with E-state index in [4.69, 9.17) is 0 Å². The largest absolute Gasteiger partial charge is 0.378 e. The molecule has 1 amide bonds. The summed E-state index contributed by atoms with van der Waals surface area (Å²) in [6.07, 6.45) is 3.07. The maximum atomic E-state index is 12.2. The third-order valence-electron chi connectivity index (χ3n) is 4.56. The lowest BCUT2D eigenvalue weighted by Crippen LogP contribution is -2.26. The molecular formula is C23H27N3OS. The van der Waals surface area contributed by atoms with Crippen LogP contribution in [0.15, 0.2) is 60.0 Å². The van der Waals surface area contributed by atoms with Gasteiger partial charge in [0.1, 0.15) is 0 Å². The molecule has 1 N–H and O–H groups in total. The van der Waals surface area contributed by atoms with Crippen LogP contribution < -0.4 is 10.2 Å². The van der Waals surface area contributed by atoms with Gasteiger partial charge in [0.25, 0.3) is 0 Å². The Bertz CT molecular complexity index is 872. The SMILES string of the molecule is CN(C)c1ccc(CCCNC(=O)Cc2csc(Cc3ccccc3)n2)cc1. The molecule has 146 valence electrons. The molecule has 0 fully saturated rings. The Balaban J connectivity index is 1.37. The molecule has 0 bridgehead atoms. The first-order chi connectivity index (χ1) is 13.6. The van der Waals surface area contributed by atoms with Crippen LogP contribution in [0, 0.1) is 0 Å². The smallest absolute Gasteiger partial charge is 0.226 e. The minimum absolute atomic E-state index is 0.0412. The molecule has 0 radical (unpaired) electrons. The van der Waals surface area contributed by atoms with Crippen molar-refractivity contribution in [1.29, 1.82) is 0 Å². The number of aryl methyl sites for hydroxylation is 1. The normalized spacial score (nSPS) is 10.6. The molecule has 0 atom stereocenters. The van der Waals surface area contributed by atoms with Crippen molar-refractivity contribution < 1.29 is 4.79 Å². The summed E-state index contributed by atoms with van der Waals surface area (Å²) in [7, 11) is 4.08. The zero-order valence-electron chi connectivity index (χ0n) is 16.5. The van der Waals surface area contributed by atoms with Gasteiger partial charge in [0, 0.05) is 38.1 Å². The number of carbonyl (C=O) groups is 1. The number of hydrogen-bond donors (Lipinski definition) is 1. The second-order valence-corrected chi connectivity index (χ2v) is 8.03. The third kappa shape index (κ3) is 6.20. The third-order valence-corrected chi connectivity index (χ3v) is 5.45. The first kappa shape index (κ1) is 20.1. The fourth-order valence-electron chi connectivity index (χ4n) is 2.99. The van der Waals surface area contributed by atoms with E-state index in [0.29, 0.717) is 13.0 Å². The highest BCUT2D eigenvalue weighted by atomic mass is 32.1. The summed E-state index contributed by atoms with van der Waals surface area (Å²) in [5.41, 5.74) is 4.59. The summed E-state index contributed by atoms with van der Waals surface area (Å²) in [5.74, 6) is 0.0412. The molecule has 0 unspecified atom stereocenters. The van der Waals surface area contributed by atoms with E-state index in [1.807, 2.05) is 37.7 Å². The fourth-order valence-corrected chi connectivity index (χ4v) is 3.82. The number of rotatable bonds is 9. The zero-order chi connectivity index (χ0) is 19.8. The van der Waals surface area contributed by atoms with Crippen LogP contribution in [0.2, 0.25) is 0 Å². The van der Waals surface area contributed by atoms with Gasteiger partial charge in [-0.2, -0.15) is 0 Å². The number of benzene rings is 2. The lowest BCUT2D eigenvalue weighted by atomic mass is 10.1. The molecule has 4 nitrogen and oxygen atoms in total.